The van der Waals surface area contributed by atoms with Crippen LogP contribution in [-0.2, 0) is 6.42 Å². The van der Waals surface area contributed by atoms with E-state index in [9.17, 15) is 0 Å². The zero-order chi connectivity index (χ0) is 13.0. The highest BCUT2D eigenvalue weighted by molar-refractivity contribution is 5.09. The molecule has 18 heavy (non-hydrogen) atoms. The van der Waals surface area contributed by atoms with Crippen molar-refractivity contribution < 1.29 is 0 Å². The van der Waals surface area contributed by atoms with E-state index in [1.165, 1.54) is 25.7 Å². The quantitative estimate of drug-likeness (QED) is 0.889. The molecule has 1 aliphatic carbocycles. The molecular formula is C15H25N3. The van der Waals surface area contributed by atoms with Crippen molar-refractivity contribution in [2.45, 2.75) is 64.3 Å². The van der Waals surface area contributed by atoms with Gasteiger partial charge in [0.15, 0.2) is 0 Å². The van der Waals surface area contributed by atoms with Crippen molar-refractivity contribution in [3.05, 3.63) is 23.8 Å². The topological polar surface area (TPSA) is 51.8 Å². The molecule has 1 heterocycles. The minimum atomic E-state index is 0.231. The molecule has 3 nitrogen and oxygen atoms in total. The third-order valence-corrected chi connectivity index (χ3v) is 4.13. The molecule has 1 atom stereocenters. The van der Waals surface area contributed by atoms with Crippen molar-refractivity contribution in [1.29, 1.82) is 0 Å². The molecule has 0 amide bonds. The van der Waals surface area contributed by atoms with Crippen molar-refractivity contribution >= 4 is 0 Å². The Kier molecular flexibility index (Phi) is 4.70. The van der Waals surface area contributed by atoms with Gasteiger partial charge in [0, 0.05) is 24.4 Å². The Morgan fingerprint density at radius 1 is 1.22 bits per heavy atom. The van der Waals surface area contributed by atoms with E-state index in [2.05, 4.69) is 23.8 Å². The van der Waals surface area contributed by atoms with Crippen LogP contribution >= 0.6 is 0 Å². The summed E-state index contributed by atoms with van der Waals surface area (Å²) in [6, 6.07) is 0.231. The first-order valence-corrected chi connectivity index (χ1v) is 7.25. The van der Waals surface area contributed by atoms with Gasteiger partial charge in [-0.3, -0.25) is 0 Å². The summed E-state index contributed by atoms with van der Waals surface area (Å²) in [4.78, 5) is 9.10. The number of nitrogens with zero attached hydrogens (tertiary/aromatic N) is 2. The average Bonchev–Trinajstić information content (AvgIpc) is 2.40. The first-order valence-electron chi connectivity index (χ1n) is 7.25. The van der Waals surface area contributed by atoms with Gasteiger partial charge in [0.25, 0.3) is 0 Å². The van der Waals surface area contributed by atoms with Gasteiger partial charge in [-0.2, -0.15) is 0 Å². The first kappa shape index (κ1) is 13.5. The van der Waals surface area contributed by atoms with E-state index in [-0.39, 0.29) is 6.04 Å². The maximum Gasteiger partial charge on any atom is 0.131 e. The Labute approximate surface area is 110 Å². The number of rotatable bonds is 4. The van der Waals surface area contributed by atoms with Crippen LogP contribution < -0.4 is 5.73 Å². The summed E-state index contributed by atoms with van der Waals surface area (Å²) in [5.74, 6) is 2.49. The van der Waals surface area contributed by atoms with Gasteiger partial charge >= 0.3 is 0 Å². The molecule has 0 radical (unpaired) electrons. The zero-order valence-corrected chi connectivity index (χ0v) is 11.6. The molecule has 2 rings (SSSR count). The lowest BCUT2D eigenvalue weighted by Crippen LogP contribution is -2.21. The fourth-order valence-electron chi connectivity index (χ4n) is 2.65. The second kappa shape index (κ2) is 6.28. The maximum absolute atomic E-state index is 5.95. The molecule has 0 spiro atoms. The fraction of sp³-hybridized carbons (Fsp3) is 0.733. The van der Waals surface area contributed by atoms with Gasteiger partial charge in [-0.05, 0) is 37.2 Å². The third-order valence-electron chi connectivity index (χ3n) is 4.13. The average molecular weight is 247 g/mol. The summed E-state index contributed by atoms with van der Waals surface area (Å²) in [6.07, 6.45) is 10.9. The fourth-order valence-corrected chi connectivity index (χ4v) is 2.65. The Hall–Kier alpha value is -0.960. The number of nitrogens with two attached hydrogens (primary N) is 1. The highest BCUT2D eigenvalue weighted by Crippen LogP contribution is 2.33. The molecule has 0 bridgehead atoms. The Morgan fingerprint density at radius 2 is 1.83 bits per heavy atom. The molecule has 100 valence electrons. The van der Waals surface area contributed by atoms with Crippen LogP contribution in [0.3, 0.4) is 0 Å². The summed E-state index contributed by atoms with van der Waals surface area (Å²) in [7, 11) is 0. The minimum Gasteiger partial charge on any atom is -0.327 e. The zero-order valence-electron chi connectivity index (χ0n) is 11.6. The molecule has 1 unspecified atom stereocenters. The molecule has 0 aromatic carbocycles. The molecule has 0 saturated heterocycles. The normalized spacial score (nSPS) is 25.9. The largest absolute Gasteiger partial charge is 0.327 e. The molecule has 0 aliphatic heterocycles. The lowest BCUT2D eigenvalue weighted by atomic mass is 9.82. The third kappa shape index (κ3) is 3.52. The standard InChI is InChI=1S/C15H25N3/c1-3-14(16)8-12-9-17-15(18-10-12)13-6-4-11(2)5-7-13/h9-11,13-14H,3-8,16H2,1-2H3. The van der Waals surface area contributed by atoms with Gasteiger partial charge in [-0.25, -0.2) is 9.97 Å². The van der Waals surface area contributed by atoms with Gasteiger partial charge in [0.2, 0.25) is 0 Å². The number of hydrogen-bond acceptors (Lipinski definition) is 3. The maximum atomic E-state index is 5.95. The number of hydrogen-bond donors (Lipinski definition) is 1. The Balaban J connectivity index is 1.95. The van der Waals surface area contributed by atoms with Crippen LogP contribution in [0.1, 0.15) is 63.3 Å². The van der Waals surface area contributed by atoms with Gasteiger partial charge in [0.05, 0.1) is 0 Å². The van der Waals surface area contributed by atoms with Gasteiger partial charge in [0.1, 0.15) is 5.82 Å². The summed E-state index contributed by atoms with van der Waals surface area (Å²) in [5, 5.41) is 0. The predicted octanol–water partition coefficient (Wildman–Crippen LogP) is 3.05. The van der Waals surface area contributed by atoms with E-state index in [0.717, 1.165) is 30.1 Å². The van der Waals surface area contributed by atoms with Crippen LogP contribution in [0, 0.1) is 5.92 Å². The van der Waals surface area contributed by atoms with E-state index in [4.69, 9.17) is 5.73 Å². The Bertz CT molecular complexity index is 353. The monoisotopic (exact) mass is 247 g/mol. The molecule has 2 N–H and O–H groups in total. The summed E-state index contributed by atoms with van der Waals surface area (Å²) >= 11 is 0. The molecule has 1 aromatic heterocycles. The second-order valence-corrected chi connectivity index (χ2v) is 5.78. The molecule has 1 fully saturated rings. The second-order valence-electron chi connectivity index (χ2n) is 5.78. The van der Waals surface area contributed by atoms with Crippen molar-refractivity contribution in [2.24, 2.45) is 11.7 Å². The molecule has 1 saturated carbocycles. The highest BCUT2D eigenvalue weighted by atomic mass is 14.9. The van der Waals surface area contributed by atoms with Gasteiger partial charge < -0.3 is 5.73 Å². The van der Waals surface area contributed by atoms with Crippen molar-refractivity contribution in [1.82, 2.24) is 9.97 Å². The van der Waals surface area contributed by atoms with E-state index in [1.54, 1.807) is 0 Å². The lowest BCUT2D eigenvalue weighted by molar-refractivity contribution is 0.339. The van der Waals surface area contributed by atoms with Crippen LogP contribution in [0.5, 0.6) is 0 Å². The van der Waals surface area contributed by atoms with Crippen molar-refractivity contribution in [2.75, 3.05) is 0 Å². The molecular weight excluding hydrogens is 222 g/mol. The van der Waals surface area contributed by atoms with Crippen LogP contribution in [0.15, 0.2) is 12.4 Å². The predicted molar refractivity (Wildman–Crippen MR) is 74.4 cm³/mol. The minimum absolute atomic E-state index is 0.231. The van der Waals surface area contributed by atoms with Gasteiger partial charge in [-0.1, -0.05) is 26.7 Å². The van der Waals surface area contributed by atoms with E-state index in [1.807, 2.05) is 12.4 Å². The van der Waals surface area contributed by atoms with Crippen molar-refractivity contribution in [3.63, 3.8) is 0 Å². The van der Waals surface area contributed by atoms with E-state index < -0.39 is 0 Å². The lowest BCUT2D eigenvalue weighted by Gasteiger charge is -2.24. The summed E-state index contributed by atoms with van der Waals surface area (Å²) in [6.45, 7) is 4.45. The summed E-state index contributed by atoms with van der Waals surface area (Å²) in [5.41, 5.74) is 7.11. The first-order chi connectivity index (χ1) is 8.69. The van der Waals surface area contributed by atoms with Gasteiger partial charge in [-0.15, -0.1) is 0 Å². The smallest absolute Gasteiger partial charge is 0.131 e. The molecule has 1 aromatic rings. The van der Waals surface area contributed by atoms with E-state index >= 15 is 0 Å². The SMILES string of the molecule is CCC(N)Cc1cnc(C2CCC(C)CC2)nc1. The van der Waals surface area contributed by atoms with E-state index in [0.29, 0.717) is 5.92 Å². The van der Waals surface area contributed by atoms with Crippen molar-refractivity contribution in [3.8, 4) is 0 Å². The molecule has 3 heteroatoms. The number of aromatic nitrogens is 2. The van der Waals surface area contributed by atoms with Crippen LogP contribution in [0.25, 0.3) is 0 Å². The summed E-state index contributed by atoms with van der Waals surface area (Å²) < 4.78 is 0. The van der Waals surface area contributed by atoms with Crippen LogP contribution in [-0.4, -0.2) is 16.0 Å². The Morgan fingerprint density at radius 3 is 2.39 bits per heavy atom. The highest BCUT2D eigenvalue weighted by Gasteiger charge is 2.21. The molecule has 1 aliphatic rings. The van der Waals surface area contributed by atoms with Crippen LogP contribution in [0.4, 0.5) is 0 Å². The van der Waals surface area contributed by atoms with Crippen LogP contribution in [0.2, 0.25) is 0 Å².